The Morgan fingerprint density at radius 2 is 1.91 bits per heavy atom. The van der Waals surface area contributed by atoms with E-state index in [1.165, 1.54) is 0 Å². The van der Waals surface area contributed by atoms with Crippen molar-refractivity contribution in [2.24, 2.45) is 5.92 Å². The van der Waals surface area contributed by atoms with E-state index in [0.29, 0.717) is 25.2 Å². The summed E-state index contributed by atoms with van der Waals surface area (Å²) in [5, 5.41) is 29.2. The quantitative estimate of drug-likeness (QED) is 0.316. The summed E-state index contributed by atoms with van der Waals surface area (Å²) in [4.78, 5) is 10.2. The van der Waals surface area contributed by atoms with E-state index in [1.54, 1.807) is 24.3 Å². The van der Waals surface area contributed by atoms with Gasteiger partial charge >= 0.3 is 29.6 Å². The van der Waals surface area contributed by atoms with Gasteiger partial charge in [0.2, 0.25) is 0 Å². The van der Waals surface area contributed by atoms with Gasteiger partial charge in [-0.2, -0.15) is 0 Å². The molecule has 120 valence electrons. The fraction of sp³-hybridized carbons (Fsp3) is 0.500. The summed E-state index contributed by atoms with van der Waals surface area (Å²) in [6, 6.07) is 0. The molecule has 0 aliphatic heterocycles. The van der Waals surface area contributed by atoms with Gasteiger partial charge in [-0.05, 0) is 25.3 Å². The van der Waals surface area contributed by atoms with Crippen LogP contribution in [0.4, 0.5) is 0 Å². The maximum atomic E-state index is 10.2. The SMILES string of the molecule is CC(C)C#CC[C@@H](O)/C=C/C=C/C#C[C@@H](O)CCCC(=O)[O-].[Na+]. The van der Waals surface area contributed by atoms with Crippen LogP contribution in [0.15, 0.2) is 24.3 Å². The van der Waals surface area contributed by atoms with Crippen molar-refractivity contribution < 1.29 is 49.7 Å². The van der Waals surface area contributed by atoms with Crippen LogP contribution >= 0.6 is 0 Å². The average molecular weight is 326 g/mol. The summed E-state index contributed by atoms with van der Waals surface area (Å²) in [5.74, 6) is 10.3. The number of carbonyl (C=O) groups excluding carboxylic acids is 1. The maximum absolute atomic E-state index is 10.2. The van der Waals surface area contributed by atoms with Crippen molar-refractivity contribution in [2.45, 2.75) is 51.7 Å². The molecule has 0 bridgehead atoms. The molecule has 2 atom stereocenters. The van der Waals surface area contributed by atoms with Gasteiger partial charge in [0.25, 0.3) is 0 Å². The molecule has 0 unspecified atom stereocenters. The maximum Gasteiger partial charge on any atom is 1.00 e. The molecule has 0 spiro atoms. The van der Waals surface area contributed by atoms with Gasteiger partial charge in [0.05, 0.1) is 6.10 Å². The first-order chi connectivity index (χ1) is 10.4. The molecule has 0 rings (SSSR count). The number of aliphatic carboxylic acids is 1. The molecule has 0 saturated carbocycles. The number of carboxylic acid groups (broad SMARTS) is 1. The van der Waals surface area contributed by atoms with E-state index in [4.69, 9.17) is 0 Å². The Morgan fingerprint density at radius 1 is 1.22 bits per heavy atom. The molecule has 0 aromatic heterocycles. The zero-order valence-corrected chi connectivity index (χ0v) is 16.1. The van der Waals surface area contributed by atoms with Gasteiger partial charge in [0.1, 0.15) is 6.10 Å². The Bertz CT molecular complexity index is 501. The molecule has 0 aromatic rings. The van der Waals surface area contributed by atoms with E-state index in [9.17, 15) is 20.1 Å². The van der Waals surface area contributed by atoms with Crippen molar-refractivity contribution >= 4 is 5.97 Å². The number of carboxylic acids is 1. The summed E-state index contributed by atoms with van der Waals surface area (Å²) in [5.41, 5.74) is 0. The van der Waals surface area contributed by atoms with Crippen molar-refractivity contribution in [3.05, 3.63) is 24.3 Å². The Balaban J connectivity index is 0. The van der Waals surface area contributed by atoms with Crippen LogP contribution in [-0.4, -0.2) is 28.4 Å². The van der Waals surface area contributed by atoms with Gasteiger partial charge in [-0.3, -0.25) is 0 Å². The average Bonchev–Trinajstić information content (AvgIpc) is 2.41. The van der Waals surface area contributed by atoms with E-state index in [1.807, 2.05) is 13.8 Å². The van der Waals surface area contributed by atoms with Gasteiger partial charge < -0.3 is 20.1 Å². The number of allylic oxidation sites excluding steroid dienone is 3. The van der Waals surface area contributed by atoms with Gasteiger partial charge in [0, 0.05) is 18.3 Å². The number of rotatable bonds is 7. The van der Waals surface area contributed by atoms with Crippen molar-refractivity contribution in [3.8, 4) is 23.7 Å². The van der Waals surface area contributed by atoms with Crippen LogP contribution in [0.1, 0.15) is 39.5 Å². The van der Waals surface area contributed by atoms with Crippen LogP contribution in [0.25, 0.3) is 0 Å². The minimum Gasteiger partial charge on any atom is -0.550 e. The molecule has 0 amide bonds. The molecule has 0 radical (unpaired) electrons. The van der Waals surface area contributed by atoms with Crippen molar-refractivity contribution in [3.63, 3.8) is 0 Å². The molecule has 4 nitrogen and oxygen atoms in total. The Morgan fingerprint density at radius 3 is 2.52 bits per heavy atom. The minimum atomic E-state index is -1.12. The van der Waals surface area contributed by atoms with E-state index in [-0.39, 0.29) is 36.0 Å². The van der Waals surface area contributed by atoms with E-state index in [2.05, 4.69) is 23.7 Å². The summed E-state index contributed by atoms with van der Waals surface area (Å²) >= 11 is 0. The number of aliphatic hydroxyl groups is 2. The fourth-order valence-electron chi connectivity index (χ4n) is 1.39. The molecule has 0 aliphatic carbocycles. The molecule has 0 heterocycles. The van der Waals surface area contributed by atoms with Crippen LogP contribution in [0, 0.1) is 29.6 Å². The van der Waals surface area contributed by atoms with Crippen molar-refractivity contribution in [2.75, 3.05) is 0 Å². The molecule has 0 saturated heterocycles. The van der Waals surface area contributed by atoms with Gasteiger partial charge in [-0.25, -0.2) is 0 Å². The zero-order valence-electron chi connectivity index (χ0n) is 14.1. The minimum absolute atomic E-state index is 0. The second-order valence-corrected chi connectivity index (χ2v) is 5.06. The first-order valence-electron chi connectivity index (χ1n) is 7.30. The van der Waals surface area contributed by atoms with E-state index >= 15 is 0 Å². The smallest absolute Gasteiger partial charge is 0.550 e. The Labute approximate surface area is 161 Å². The third kappa shape index (κ3) is 18.9. The third-order valence-electron chi connectivity index (χ3n) is 2.43. The van der Waals surface area contributed by atoms with Gasteiger partial charge in [-0.1, -0.05) is 49.8 Å². The molecule has 23 heavy (non-hydrogen) atoms. The van der Waals surface area contributed by atoms with E-state index < -0.39 is 18.2 Å². The standard InChI is InChI=1S/C18H24O4.Na/c1-15(2)9-7-12-16(19)10-5-3-4-6-11-17(20)13-8-14-18(21)22;/h3-5,10,15-17,19-20H,8,12-14H2,1-2H3,(H,21,22);/q;+1/p-1/b4-3+,10-5+;/t16-,17+;/m0./s1. The second-order valence-electron chi connectivity index (χ2n) is 5.06. The van der Waals surface area contributed by atoms with Crippen molar-refractivity contribution in [1.29, 1.82) is 0 Å². The summed E-state index contributed by atoms with van der Waals surface area (Å²) in [6.07, 6.45) is 5.99. The van der Waals surface area contributed by atoms with Gasteiger partial charge in [-0.15, -0.1) is 5.92 Å². The molecular formula is C18H23NaO4. The summed E-state index contributed by atoms with van der Waals surface area (Å²) in [6.45, 7) is 3.98. The zero-order chi connectivity index (χ0) is 16.8. The van der Waals surface area contributed by atoms with E-state index in [0.717, 1.165) is 0 Å². The van der Waals surface area contributed by atoms with Crippen LogP contribution < -0.4 is 34.7 Å². The molecule has 5 heteroatoms. The monoisotopic (exact) mass is 326 g/mol. The normalized spacial score (nSPS) is 12.9. The summed E-state index contributed by atoms with van der Waals surface area (Å²) in [7, 11) is 0. The molecule has 0 aliphatic rings. The predicted octanol–water partition coefficient (Wildman–Crippen LogP) is -2.20. The van der Waals surface area contributed by atoms with Crippen LogP contribution in [0.3, 0.4) is 0 Å². The number of carbonyl (C=O) groups is 1. The van der Waals surface area contributed by atoms with Crippen LogP contribution in [-0.2, 0) is 4.79 Å². The molecule has 0 fully saturated rings. The number of aliphatic hydroxyl groups excluding tert-OH is 2. The number of hydrogen-bond acceptors (Lipinski definition) is 4. The summed E-state index contributed by atoms with van der Waals surface area (Å²) < 4.78 is 0. The number of hydrogen-bond donors (Lipinski definition) is 2. The second kappa shape index (κ2) is 15.9. The Kier molecular flexibility index (Phi) is 16.7. The topological polar surface area (TPSA) is 80.6 Å². The van der Waals surface area contributed by atoms with Gasteiger partial charge in [0.15, 0.2) is 0 Å². The predicted molar refractivity (Wildman–Crippen MR) is 84.2 cm³/mol. The first-order valence-corrected chi connectivity index (χ1v) is 7.30. The first kappa shape index (κ1) is 24.2. The van der Waals surface area contributed by atoms with Crippen molar-refractivity contribution in [1.82, 2.24) is 0 Å². The molecular weight excluding hydrogens is 303 g/mol. The van der Waals surface area contributed by atoms with Crippen LogP contribution in [0.5, 0.6) is 0 Å². The largest absolute Gasteiger partial charge is 1.00 e. The van der Waals surface area contributed by atoms with Crippen LogP contribution in [0.2, 0.25) is 0 Å². The third-order valence-corrected chi connectivity index (χ3v) is 2.43. The molecule has 2 N–H and O–H groups in total. The fourth-order valence-corrected chi connectivity index (χ4v) is 1.39. The Hall–Kier alpha value is -1.01. The molecule has 0 aromatic carbocycles.